The molecule has 0 fully saturated rings. The summed E-state index contributed by atoms with van der Waals surface area (Å²) >= 11 is 1.63. The molecule has 1 aromatic heterocycles. The van der Waals surface area contributed by atoms with E-state index >= 15 is 0 Å². The maximum Gasteiger partial charge on any atom is 0.225 e. The van der Waals surface area contributed by atoms with E-state index in [9.17, 15) is 9.18 Å². The molecule has 2 heterocycles. The number of hydrogen-bond donors (Lipinski definition) is 1. The van der Waals surface area contributed by atoms with E-state index in [4.69, 9.17) is 4.74 Å². The molecule has 25 heavy (non-hydrogen) atoms. The van der Waals surface area contributed by atoms with Gasteiger partial charge < -0.3 is 10.1 Å². The molecule has 126 valence electrons. The van der Waals surface area contributed by atoms with Gasteiger partial charge in [0.05, 0.1) is 12.8 Å². The van der Waals surface area contributed by atoms with Crippen LogP contribution in [0.15, 0.2) is 53.9 Å². The Morgan fingerprint density at radius 2 is 1.84 bits per heavy atom. The maximum atomic E-state index is 13.2. The topological polar surface area (TPSA) is 38.3 Å². The van der Waals surface area contributed by atoms with Gasteiger partial charge in [0.1, 0.15) is 11.6 Å². The molecule has 5 heteroatoms. The van der Waals surface area contributed by atoms with Gasteiger partial charge in [-0.05, 0) is 35.4 Å². The minimum absolute atomic E-state index is 0.0185. The highest BCUT2D eigenvalue weighted by atomic mass is 32.1. The Bertz CT molecular complexity index is 916. The second-order valence-corrected chi connectivity index (χ2v) is 6.88. The van der Waals surface area contributed by atoms with E-state index in [1.165, 1.54) is 12.1 Å². The number of hydrogen-bond acceptors (Lipinski definition) is 3. The van der Waals surface area contributed by atoms with Crippen molar-refractivity contribution >= 4 is 22.9 Å². The number of rotatable bonds is 3. The van der Waals surface area contributed by atoms with Crippen molar-refractivity contribution in [3.8, 4) is 16.9 Å². The Labute approximate surface area is 149 Å². The SMILES string of the molecule is COc1ccc(-c2csc3c2NC(=O)C[C@H]3c2ccc(F)cc2)cc1. The third kappa shape index (κ3) is 2.91. The first kappa shape index (κ1) is 15.8. The number of nitrogens with one attached hydrogen (secondary N) is 1. The molecule has 0 unspecified atom stereocenters. The van der Waals surface area contributed by atoms with E-state index in [-0.39, 0.29) is 17.6 Å². The number of carbonyl (C=O) groups excluding carboxylic acids is 1. The molecule has 1 N–H and O–H groups in total. The minimum Gasteiger partial charge on any atom is -0.497 e. The third-order valence-corrected chi connectivity index (χ3v) is 5.56. The fourth-order valence-electron chi connectivity index (χ4n) is 3.17. The van der Waals surface area contributed by atoms with E-state index in [0.29, 0.717) is 6.42 Å². The summed E-state index contributed by atoms with van der Waals surface area (Å²) < 4.78 is 18.4. The lowest BCUT2D eigenvalue weighted by Gasteiger charge is -2.24. The van der Waals surface area contributed by atoms with Crippen molar-refractivity contribution in [1.29, 1.82) is 0 Å². The Hall–Kier alpha value is -2.66. The van der Waals surface area contributed by atoms with Crippen molar-refractivity contribution in [1.82, 2.24) is 0 Å². The van der Waals surface area contributed by atoms with Crippen LogP contribution >= 0.6 is 11.3 Å². The molecule has 0 aliphatic carbocycles. The number of amides is 1. The van der Waals surface area contributed by atoms with Crippen LogP contribution in [0.2, 0.25) is 0 Å². The van der Waals surface area contributed by atoms with Crippen LogP contribution in [0.4, 0.5) is 10.1 Å². The summed E-state index contributed by atoms with van der Waals surface area (Å²) in [7, 11) is 1.63. The first-order valence-corrected chi connectivity index (χ1v) is 8.85. The Morgan fingerprint density at radius 1 is 1.12 bits per heavy atom. The van der Waals surface area contributed by atoms with E-state index in [2.05, 4.69) is 10.7 Å². The molecule has 0 saturated carbocycles. The van der Waals surface area contributed by atoms with Crippen LogP contribution in [0.1, 0.15) is 22.8 Å². The predicted octanol–water partition coefficient (Wildman–Crippen LogP) is 5.04. The van der Waals surface area contributed by atoms with Crippen molar-refractivity contribution in [2.75, 3.05) is 12.4 Å². The van der Waals surface area contributed by atoms with Crippen molar-refractivity contribution in [3.05, 3.63) is 70.2 Å². The Balaban J connectivity index is 1.76. The lowest BCUT2D eigenvalue weighted by molar-refractivity contribution is -0.116. The van der Waals surface area contributed by atoms with Crippen molar-refractivity contribution in [2.24, 2.45) is 0 Å². The van der Waals surface area contributed by atoms with Crippen molar-refractivity contribution in [2.45, 2.75) is 12.3 Å². The number of anilines is 1. The molecule has 1 atom stereocenters. The molecule has 4 rings (SSSR count). The standard InChI is InChI=1S/C20H16FNO2S/c1-24-15-8-4-13(5-9-15)17-11-25-20-16(10-18(23)22-19(17)20)12-2-6-14(21)7-3-12/h2-9,11,16H,10H2,1H3,(H,22,23)/t16-/m0/s1. The molecule has 3 nitrogen and oxygen atoms in total. The average Bonchev–Trinajstić information content (AvgIpc) is 3.05. The molecule has 1 aliphatic heterocycles. The Kier molecular flexibility index (Phi) is 4.01. The fraction of sp³-hybridized carbons (Fsp3) is 0.150. The van der Waals surface area contributed by atoms with Crippen LogP contribution in [0.5, 0.6) is 5.75 Å². The summed E-state index contributed by atoms with van der Waals surface area (Å²) in [4.78, 5) is 13.4. The second-order valence-electron chi connectivity index (χ2n) is 5.97. The molecule has 1 amide bonds. The van der Waals surface area contributed by atoms with Gasteiger partial charge in [0.2, 0.25) is 5.91 Å². The number of carbonyl (C=O) groups is 1. The van der Waals surface area contributed by atoms with Crippen LogP contribution < -0.4 is 10.1 Å². The van der Waals surface area contributed by atoms with Gasteiger partial charge in [-0.25, -0.2) is 4.39 Å². The molecule has 0 spiro atoms. The van der Waals surface area contributed by atoms with Crippen molar-refractivity contribution < 1.29 is 13.9 Å². The number of thiophene rings is 1. The third-order valence-electron chi connectivity index (χ3n) is 4.46. The van der Waals surface area contributed by atoms with Gasteiger partial charge in [-0.2, -0.15) is 0 Å². The maximum absolute atomic E-state index is 13.2. The largest absolute Gasteiger partial charge is 0.497 e. The summed E-state index contributed by atoms with van der Waals surface area (Å²) in [5.41, 5.74) is 3.85. The summed E-state index contributed by atoms with van der Waals surface area (Å²) in [5, 5.41) is 5.08. The highest BCUT2D eigenvalue weighted by molar-refractivity contribution is 7.11. The first-order chi connectivity index (χ1) is 12.2. The highest BCUT2D eigenvalue weighted by Gasteiger charge is 2.30. The van der Waals surface area contributed by atoms with Gasteiger partial charge >= 0.3 is 0 Å². The zero-order chi connectivity index (χ0) is 17.4. The molecule has 1 aliphatic rings. The lowest BCUT2D eigenvalue weighted by atomic mass is 9.89. The van der Waals surface area contributed by atoms with Crippen LogP contribution in [0, 0.1) is 5.82 Å². The quantitative estimate of drug-likeness (QED) is 0.717. The summed E-state index contributed by atoms with van der Waals surface area (Å²) in [5.74, 6) is 0.465. The van der Waals surface area contributed by atoms with E-state index < -0.39 is 0 Å². The lowest BCUT2D eigenvalue weighted by Crippen LogP contribution is -2.22. The van der Waals surface area contributed by atoms with Crippen LogP contribution in [0.3, 0.4) is 0 Å². The summed E-state index contributed by atoms with van der Waals surface area (Å²) in [6, 6.07) is 14.2. The van der Waals surface area contributed by atoms with Gasteiger partial charge in [-0.3, -0.25) is 4.79 Å². The molecule has 2 aromatic carbocycles. The van der Waals surface area contributed by atoms with E-state index in [1.807, 2.05) is 24.3 Å². The molecule has 0 saturated heterocycles. The summed E-state index contributed by atoms with van der Waals surface area (Å²) in [6.45, 7) is 0. The Morgan fingerprint density at radius 3 is 2.52 bits per heavy atom. The number of fused-ring (bicyclic) bond motifs is 1. The molecule has 0 bridgehead atoms. The monoisotopic (exact) mass is 353 g/mol. The van der Waals surface area contributed by atoms with Crippen LogP contribution in [0.25, 0.3) is 11.1 Å². The smallest absolute Gasteiger partial charge is 0.225 e. The zero-order valence-electron chi connectivity index (χ0n) is 13.6. The first-order valence-electron chi connectivity index (χ1n) is 7.97. The molecule has 3 aromatic rings. The number of ether oxygens (including phenoxy) is 1. The normalized spacial score (nSPS) is 16.2. The van der Waals surface area contributed by atoms with Crippen LogP contribution in [-0.4, -0.2) is 13.0 Å². The van der Waals surface area contributed by atoms with Gasteiger partial charge in [-0.15, -0.1) is 11.3 Å². The number of methoxy groups -OCH3 is 1. The number of benzene rings is 2. The predicted molar refractivity (Wildman–Crippen MR) is 97.8 cm³/mol. The minimum atomic E-state index is -0.269. The molecule has 0 radical (unpaired) electrons. The van der Waals surface area contributed by atoms with Gasteiger partial charge in [0, 0.05) is 28.2 Å². The fourth-order valence-corrected chi connectivity index (χ4v) is 4.34. The zero-order valence-corrected chi connectivity index (χ0v) is 14.4. The van der Waals surface area contributed by atoms with Gasteiger partial charge in [0.15, 0.2) is 0 Å². The second kappa shape index (κ2) is 6.33. The average molecular weight is 353 g/mol. The van der Waals surface area contributed by atoms with Crippen molar-refractivity contribution in [3.63, 3.8) is 0 Å². The molecular formula is C20H16FNO2S. The van der Waals surface area contributed by atoms with E-state index in [1.54, 1.807) is 30.6 Å². The van der Waals surface area contributed by atoms with Crippen LogP contribution in [-0.2, 0) is 4.79 Å². The molecular weight excluding hydrogens is 337 g/mol. The number of halogens is 1. The summed E-state index contributed by atoms with van der Waals surface area (Å²) in [6.07, 6.45) is 0.376. The highest BCUT2D eigenvalue weighted by Crippen LogP contribution is 2.46. The van der Waals surface area contributed by atoms with Gasteiger partial charge in [-0.1, -0.05) is 24.3 Å². The van der Waals surface area contributed by atoms with E-state index in [0.717, 1.165) is 33.0 Å². The van der Waals surface area contributed by atoms with Gasteiger partial charge in [0.25, 0.3) is 0 Å².